The number of rotatable bonds is 0. The van der Waals surface area contributed by atoms with Gasteiger partial charge in [-0.3, -0.25) is 0 Å². The number of hydrogen-bond donors (Lipinski definition) is 0. The number of fused-ring (bicyclic) bond motifs is 1. The molecule has 1 unspecified atom stereocenters. The molecule has 0 radical (unpaired) electrons. The van der Waals surface area contributed by atoms with E-state index in [9.17, 15) is 0 Å². The van der Waals surface area contributed by atoms with E-state index in [0.29, 0.717) is 24.0 Å². The Morgan fingerprint density at radius 2 is 1.30 bits per heavy atom. The Morgan fingerprint density at radius 3 is 1.70 bits per heavy atom. The molecule has 2 heteroatoms. The molecule has 4 atom stereocenters. The van der Waals surface area contributed by atoms with Crippen molar-refractivity contribution in [1.29, 1.82) is 0 Å². The van der Waals surface area contributed by atoms with Crippen molar-refractivity contribution in [2.45, 2.75) is 26.1 Å². The maximum Gasteiger partial charge on any atom is 0.0887 e. The molecule has 0 bridgehead atoms. The average molecular weight is 142 g/mol. The van der Waals surface area contributed by atoms with Crippen LogP contribution >= 0.6 is 0 Å². The van der Waals surface area contributed by atoms with Crippen LogP contribution in [0.3, 0.4) is 0 Å². The van der Waals surface area contributed by atoms with Gasteiger partial charge in [0.25, 0.3) is 0 Å². The van der Waals surface area contributed by atoms with Crippen molar-refractivity contribution in [1.82, 2.24) is 0 Å². The van der Waals surface area contributed by atoms with E-state index in [4.69, 9.17) is 9.47 Å². The minimum Gasteiger partial charge on any atom is -0.375 e. The first-order valence-corrected chi connectivity index (χ1v) is 4.02. The molecule has 0 saturated carbocycles. The van der Waals surface area contributed by atoms with Crippen LogP contribution in [0.1, 0.15) is 13.8 Å². The third-order valence-electron chi connectivity index (χ3n) is 2.55. The van der Waals surface area contributed by atoms with E-state index < -0.39 is 0 Å². The molecule has 58 valence electrons. The summed E-state index contributed by atoms with van der Waals surface area (Å²) in [5.74, 6) is 1.21. The zero-order valence-electron chi connectivity index (χ0n) is 6.54. The smallest absolute Gasteiger partial charge is 0.0887 e. The van der Waals surface area contributed by atoms with Gasteiger partial charge in [0.2, 0.25) is 0 Å². The van der Waals surface area contributed by atoms with Gasteiger partial charge in [-0.05, 0) is 0 Å². The molecule has 2 aliphatic heterocycles. The monoisotopic (exact) mass is 142 g/mol. The van der Waals surface area contributed by atoms with Crippen LogP contribution in [0.2, 0.25) is 0 Å². The molecule has 10 heavy (non-hydrogen) atoms. The third kappa shape index (κ3) is 0.789. The molecule has 0 amide bonds. The fourth-order valence-corrected chi connectivity index (χ4v) is 1.88. The summed E-state index contributed by atoms with van der Waals surface area (Å²) in [6.07, 6.45) is 0.796. The van der Waals surface area contributed by atoms with Gasteiger partial charge in [-0.25, -0.2) is 0 Å². The molecular formula is C8H14O2. The minimum atomic E-state index is 0.398. The lowest BCUT2D eigenvalue weighted by Gasteiger charge is -2.10. The summed E-state index contributed by atoms with van der Waals surface area (Å²) in [6, 6.07) is 0. The Morgan fingerprint density at radius 1 is 0.900 bits per heavy atom. The van der Waals surface area contributed by atoms with Gasteiger partial charge in [0.05, 0.1) is 25.4 Å². The molecule has 0 N–H and O–H groups in total. The first-order chi connectivity index (χ1) is 4.79. The Hall–Kier alpha value is -0.0800. The lowest BCUT2D eigenvalue weighted by molar-refractivity contribution is 0.0627. The SMILES string of the molecule is C[C@@H]1CO[C@H]2C1OC[C@@H]2C. The van der Waals surface area contributed by atoms with E-state index >= 15 is 0 Å². The Kier molecular flexibility index (Phi) is 1.46. The molecule has 2 heterocycles. The quantitative estimate of drug-likeness (QED) is 0.503. The largest absolute Gasteiger partial charge is 0.375 e. The molecule has 0 aliphatic carbocycles. The van der Waals surface area contributed by atoms with Crippen molar-refractivity contribution in [3.63, 3.8) is 0 Å². The molecule has 0 aromatic rings. The second-order valence-electron chi connectivity index (χ2n) is 3.55. The van der Waals surface area contributed by atoms with Gasteiger partial charge in [0, 0.05) is 11.8 Å². The van der Waals surface area contributed by atoms with E-state index in [1.165, 1.54) is 0 Å². The van der Waals surface area contributed by atoms with E-state index in [1.807, 2.05) is 0 Å². The van der Waals surface area contributed by atoms with Gasteiger partial charge in [-0.15, -0.1) is 0 Å². The highest BCUT2D eigenvalue weighted by Gasteiger charge is 2.43. The fraction of sp³-hybridized carbons (Fsp3) is 1.00. The number of ether oxygens (including phenoxy) is 2. The fourth-order valence-electron chi connectivity index (χ4n) is 1.88. The summed E-state index contributed by atoms with van der Waals surface area (Å²) in [4.78, 5) is 0. The topological polar surface area (TPSA) is 18.5 Å². The summed E-state index contributed by atoms with van der Waals surface area (Å²) >= 11 is 0. The summed E-state index contributed by atoms with van der Waals surface area (Å²) in [6.45, 7) is 6.17. The number of hydrogen-bond acceptors (Lipinski definition) is 2. The van der Waals surface area contributed by atoms with E-state index in [2.05, 4.69) is 13.8 Å². The first-order valence-electron chi connectivity index (χ1n) is 4.02. The van der Waals surface area contributed by atoms with E-state index in [-0.39, 0.29) is 0 Å². The van der Waals surface area contributed by atoms with Gasteiger partial charge >= 0.3 is 0 Å². The van der Waals surface area contributed by atoms with Crippen LogP contribution in [-0.2, 0) is 9.47 Å². The van der Waals surface area contributed by atoms with Gasteiger partial charge < -0.3 is 9.47 Å². The van der Waals surface area contributed by atoms with Crippen LogP contribution in [0.4, 0.5) is 0 Å². The Labute approximate surface area is 61.5 Å². The normalized spacial score (nSPS) is 53.4. The van der Waals surface area contributed by atoms with Crippen LogP contribution in [0.25, 0.3) is 0 Å². The second-order valence-corrected chi connectivity index (χ2v) is 3.55. The van der Waals surface area contributed by atoms with Gasteiger partial charge in [0.1, 0.15) is 0 Å². The Bertz CT molecular complexity index is 119. The lowest BCUT2D eigenvalue weighted by atomic mass is 9.99. The maximum absolute atomic E-state index is 5.58. The molecule has 0 aromatic carbocycles. The van der Waals surface area contributed by atoms with Gasteiger partial charge in [0.15, 0.2) is 0 Å². The summed E-state index contributed by atoms with van der Waals surface area (Å²) in [7, 11) is 0. The first kappa shape index (κ1) is 6.62. The minimum absolute atomic E-state index is 0.398. The summed E-state index contributed by atoms with van der Waals surface area (Å²) < 4.78 is 11.2. The van der Waals surface area contributed by atoms with Crippen molar-refractivity contribution < 1.29 is 9.47 Å². The molecule has 2 fully saturated rings. The van der Waals surface area contributed by atoms with Crippen molar-refractivity contribution in [3.8, 4) is 0 Å². The molecule has 2 nitrogen and oxygen atoms in total. The zero-order valence-corrected chi connectivity index (χ0v) is 6.54. The third-order valence-corrected chi connectivity index (χ3v) is 2.55. The zero-order chi connectivity index (χ0) is 7.14. The maximum atomic E-state index is 5.58. The molecule has 2 aliphatic rings. The van der Waals surface area contributed by atoms with Crippen molar-refractivity contribution >= 4 is 0 Å². The van der Waals surface area contributed by atoms with Crippen molar-refractivity contribution in [2.24, 2.45) is 11.8 Å². The van der Waals surface area contributed by atoms with E-state index in [0.717, 1.165) is 13.2 Å². The molecule has 0 aromatic heterocycles. The summed E-state index contributed by atoms with van der Waals surface area (Å²) in [5, 5.41) is 0. The lowest BCUT2D eigenvalue weighted by Crippen LogP contribution is -2.23. The predicted molar refractivity (Wildman–Crippen MR) is 37.8 cm³/mol. The van der Waals surface area contributed by atoms with Crippen LogP contribution < -0.4 is 0 Å². The molecule has 2 saturated heterocycles. The summed E-state index contributed by atoms with van der Waals surface area (Å²) in [5.41, 5.74) is 0. The van der Waals surface area contributed by atoms with Crippen LogP contribution in [-0.4, -0.2) is 25.4 Å². The highest BCUT2D eigenvalue weighted by molar-refractivity contribution is 4.90. The van der Waals surface area contributed by atoms with E-state index in [1.54, 1.807) is 0 Å². The average Bonchev–Trinajstić information content (AvgIpc) is 2.41. The highest BCUT2D eigenvalue weighted by atomic mass is 16.6. The van der Waals surface area contributed by atoms with Gasteiger partial charge in [-0.1, -0.05) is 13.8 Å². The highest BCUT2D eigenvalue weighted by Crippen LogP contribution is 2.33. The van der Waals surface area contributed by atoms with Gasteiger partial charge in [-0.2, -0.15) is 0 Å². The standard InChI is InChI=1S/C8H14O2/c1-5-3-9-8-6(2)4-10-7(5)8/h5-8H,3-4H2,1-2H3/t5-,6+,7+,8?/m0/s1. The Balaban J connectivity index is 2.09. The molecule has 2 rings (SSSR count). The second kappa shape index (κ2) is 2.21. The van der Waals surface area contributed by atoms with Crippen LogP contribution in [0.15, 0.2) is 0 Å². The van der Waals surface area contributed by atoms with Crippen molar-refractivity contribution in [3.05, 3.63) is 0 Å². The molecule has 0 spiro atoms. The van der Waals surface area contributed by atoms with Crippen LogP contribution in [0, 0.1) is 11.8 Å². The van der Waals surface area contributed by atoms with Crippen LogP contribution in [0.5, 0.6) is 0 Å². The predicted octanol–water partition coefficient (Wildman–Crippen LogP) is 1.06. The molecular weight excluding hydrogens is 128 g/mol. The van der Waals surface area contributed by atoms with Crippen molar-refractivity contribution in [2.75, 3.05) is 13.2 Å².